The summed E-state index contributed by atoms with van der Waals surface area (Å²) in [5.41, 5.74) is 2.94. The lowest BCUT2D eigenvalue weighted by molar-refractivity contribution is 0.202. The van der Waals surface area contributed by atoms with E-state index >= 15 is 0 Å². The Morgan fingerprint density at radius 2 is 2.10 bits per heavy atom. The molecule has 0 saturated carbocycles. The number of hydrogen-bond donors (Lipinski definition) is 1. The lowest BCUT2D eigenvalue weighted by atomic mass is 9.95. The number of nitrogens with one attached hydrogen (secondary N) is 1. The van der Waals surface area contributed by atoms with Crippen molar-refractivity contribution in [3.05, 3.63) is 29.8 Å². The van der Waals surface area contributed by atoms with Crippen LogP contribution in [0.5, 0.6) is 0 Å². The Morgan fingerprint density at radius 3 is 2.80 bits per heavy atom. The average molecular weight is 276 g/mol. The van der Waals surface area contributed by atoms with Crippen LogP contribution < -0.4 is 10.2 Å². The van der Waals surface area contributed by atoms with Gasteiger partial charge in [-0.1, -0.05) is 25.1 Å². The molecule has 0 bridgehead atoms. The minimum absolute atomic E-state index is 0.167. The molecule has 20 heavy (non-hydrogen) atoms. The van der Waals surface area contributed by atoms with E-state index in [9.17, 15) is 0 Å². The summed E-state index contributed by atoms with van der Waals surface area (Å²) >= 11 is 0. The van der Waals surface area contributed by atoms with Gasteiger partial charge in [-0.25, -0.2) is 0 Å². The van der Waals surface area contributed by atoms with Crippen molar-refractivity contribution in [2.75, 3.05) is 31.7 Å². The molecule has 1 unspecified atom stereocenters. The van der Waals surface area contributed by atoms with Gasteiger partial charge in [0.25, 0.3) is 0 Å². The highest BCUT2D eigenvalue weighted by Gasteiger charge is 2.32. The molecule has 0 amide bonds. The van der Waals surface area contributed by atoms with Gasteiger partial charge >= 0.3 is 0 Å². The van der Waals surface area contributed by atoms with Crippen molar-refractivity contribution in [3.63, 3.8) is 0 Å². The maximum Gasteiger partial charge on any atom is 0.0503 e. The number of nitrogens with zero attached hydrogens (tertiary/aromatic N) is 1. The molecule has 1 N–H and O–H groups in total. The van der Waals surface area contributed by atoms with Gasteiger partial charge in [-0.2, -0.15) is 0 Å². The maximum atomic E-state index is 5.25. The Kier molecular flexibility index (Phi) is 5.06. The molecule has 3 heteroatoms. The second-order valence-corrected chi connectivity index (χ2v) is 6.33. The Bertz CT molecular complexity index is 431. The van der Waals surface area contributed by atoms with E-state index in [4.69, 9.17) is 4.74 Å². The predicted octanol–water partition coefficient (Wildman–Crippen LogP) is 2.84. The van der Waals surface area contributed by atoms with E-state index in [0.717, 1.165) is 26.1 Å². The summed E-state index contributed by atoms with van der Waals surface area (Å²) in [6, 6.07) is 9.34. The van der Waals surface area contributed by atoms with Crippen LogP contribution in [0.15, 0.2) is 24.3 Å². The van der Waals surface area contributed by atoms with Crippen LogP contribution in [0.1, 0.15) is 32.8 Å². The van der Waals surface area contributed by atoms with Crippen molar-refractivity contribution >= 4 is 5.69 Å². The van der Waals surface area contributed by atoms with Crippen molar-refractivity contribution in [1.29, 1.82) is 0 Å². The van der Waals surface area contributed by atoms with Crippen LogP contribution in [0.25, 0.3) is 0 Å². The maximum absolute atomic E-state index is 5.25. The van der Waals surface area contributed by atoms with Crippen molar-refractivity contribution in [2.24, 2.45) is 0 Å². The number of piperazine rings is 1. The molecule has 0 spiro atoms. The lowest BCUT2D eigenvalue weighted by Crippen LogP contribution is -2.61. The molecule has 1 heterocycles. The van der Waals surface area contributed by atoms with Crippen LogP contribution in [0.3, 0.4) is 0 Å². The molecule has 1 aromatic carbocycles. The van der Waals surface area contributed by atoms with Crippen molar-refractivity contribution in [2.45, 2.75) is 45.2 Å². The first kappa shape index (κ1) is 15.3. The lowest BCUT2D eigenvalue weighted by Gasteiger charge is -2.46. The molecule has 2 rings (SSSR count). The van der Waals surface area contributed by atoms with Gasteiger partial charge in [0, 0.05) is 37.5 Å². The number of anilines is 1. The minimum atomic E-state index is 0.167. The summed E-state index contributed by atoms with van der Waals surface area (Å²) in [6.07, 6.45) is 2.15. The van der Waals surface area contributed by atoms with Crippen LogP contribution in [-0.2, 0) is 11.2 Å². The molecule has 1 saturated heterocycles. The Balaban J connectivity index is 2.27. The number of rotatable bonds is 5. The molecule has 1 aliphatic heterocycles. The molecule has 0 radical (unpaired) electrons. The standard InChI is InChI=1S/C17H28N2O/c1-5-15-12-18-17(2,3)13-19(15)16-9-7-6-8-14(16)10-11-20-4/h6-9,15,18H,5,10-13H2,1-4H3. The van der Waals surface area contributed by atoms with E-state index in [1.54, 1.807) is 7.11 Å². The number of para-hydroxylation sites is 1. The number of benzene rings is 1. The smallest absolute Gasteiger partial charge is 0.0503 e. The highest BCUT2D eigenvalue weighted by Crippen LogP contribution is 2.28. The zero-order chi connectivity index (χ0) is 14.6. The Hall–Kier alpha value is -1.06. The zero-order valence-electron chi connectivity index (χ0n) is 13.3. The number of methoxy groups -OCH3 is 1. The summed E-state index contributed by atoms with van der Waals surface area (Å²) in [5.74, 6) is 0. The first-order valence-corrected chi connectivity index (χ1v) is 7.66. The third-order valence-corrected chi connectivity index (χ3v) is 4.17. The van der Waals surface area contributed by atoms with Gasteiger partial charge < -0.3 is 15.0 Å². The highest BCUT2D eigenvalue weighted by atomic mass is 16.5. The quantitative estimate of drug-likeness (QED) is 0.895. The summed E-state index contributed by atoms with van der Waals surface area (Å²) in [4.78, 5) is 2.58. The highest BCUT2D eigenvalue weighted by molar-refractivity contribution is 5.55. The fourth-order valence-corrected chi connectivity index (χ4v) is 2.98. The summed E-state index contributed by atoms with van der Waals surface area (Å²) in [6.45, 7) is 9.73. The molecule has 1 fully saturated rings. The Labute approximate surface area is 123 Å². The molecule has 0 aliphatic carbocycles. The van der Waals surface area contributed by atoms with E-state index in [1.165, 1.54) is 17.7 Å². The molecular formula is C17H28N2O. The first-order valence-electron chi connectivity index (χ1n) is 7.66. The van der Waals surface area contributed by atoms with Crippen molar-refractivity contribution in [1.82, 2.24) is 5.32 Å². The van der Waals surface area contributed by atoms with E-state index < -0.39 is 0 Å². The summed E-state index contributed by atoms with van der Waals surface area (Å²) in [7, 11) is 1.77. The predicted molar refractivity (Wildman–Crippen MR) is 85.5 cm³/mol. The van der Waals surface area contributed by atoms with Gasteiger partial charge in [-0.05, 0) is 38.3 Å². The second kappa shape index (κ2) is 6.59. The fourth-order valence-electron chi connectivity index (χ4n) is 2.98. The molecule has 112 valence electrons. The molecule has 3 nitrogen and oxygen atoms in total. The van der Waals surface area contributed by atoms with E-state index in [-0.39, 0.29) is 5.54 Å². The third kappa shape index (κ3) is 3.53. The van der Waals surface area contributed by atoms with E-state index in [1.807, 2.05) is 0 Å². The molecule has 1 atom stereocenters. The summed E-state index contributed by atoms with van der Waals surface area (Å²) < 4.78 is 5.25. The number of ether oxygens (including phenoxy) is 1. The zero-order valence-corrected chi connectivity index (χ0v) is 13.3. The van der Waals surface area contributed by atoms with Crippen molar-refractivity contribution < 1.29 is 4.74 Å². The van der Waals surface area contributed by atoms with Gasteiger partial charge in [0.15, 0.2) is 0 Å². The van der Waals surface area contributed by atoms with Crippen LogP contribution in [-0.4, -0.2) is 38.4 Å². The van der Waals surface area contributed by atoms with E-state index in [2.05, 4.69) is 55.3 Å². The van der Waals surface area contributed by atoms with Gasteiger partial charge in [0.05, 0.1) is 6.61 Å². The minimum Gasteiger partial charge on any atom is -0.384 e. The normalized spacial score (nSPS) is 22.0. The summed E-state index contributed by atoms with van der Waals surface area (Å²) in [5, 5.41) is 3.66. The average Bonchev–Trinajstić information content (AvgIpc) is 2.44. The Morgan fingerprint density at radius 1 is 1.35 bits per heavy atom. The SMILES string of the molecule is CCC1CNC(C)(C)CN1c1ccccc1CCOC. The molecular weight excluding hydrogens is 248 g/mol. The van der Waals surface area contributed by atoms with Crippen LogP contribution >= 0.6 is 0 Å². The monoisotopic (exact) mass is 276 g/mol. The first-order chi connectivity index (χ1) is 9.57. The number of hydrogen-bond acceptors (Lipinski definition) is 3. The molecule has 1 aromatic rings. The van der Waals surface area contributed by atoms with Gasteiger partial charge in [-0.15, -0.1) is 0 Å². The largest absolute Gasteiger partial charge is 0.384 e. The van der Waals surface area contributed by atoms with Crippen molar-refractivity contribution in [3.8, 4) is 0 Å². The van der Waals surface area contributed by atoms with E-state index in [0.29, 0.717) is 6.04 Å². The van der Waals surface area contributed by atoms with Crippen LogP contribution in [0.4, 0.5) is 5.69 Å². The topological polar surface area (TPSA) is 24.5 Å². The van der Waals surface area contributed by atoms with Gasteiger partial charge in [0.2, 0.25) is 0 Å². The van der Waals surface area contributed by atoms with Crippen LogP contribution in [0.2, 0.25) is 0 Å². The van der Waals surface area contributed by atoms with Gasteiger partial charge in [0.1, 0.15) is 0 Å². The van der Waals surface area contributed by atoms with Crippen LogP contribution in [0, 0.1) is 0 Å². The fraction of sp³-hybridized carbons (Fsp3) is 0.647. The molecule has 1 aliphatic rings. The second-order valence-electron chi connectivity index (χ2n) is 6.33. The van der Waals surface area contributed by atoms with Gasteiger partial charge in [-0.3, -0.25) is 0 Å². The molecule has 0 aromatic heterocycles. The third-order valence-electron chi connectivity index (χ3n) is 4.17.